The number of thioether (sulfide) groups is 2. The lowest BCUT2D eigenvalue weighted by Crippen LogP contribution is -3.00. The van der Waals surface area contributed by atoms with E-state index in [1.165, 1.54) is 81.4 Å². The maximum absolute atomic E-state index is 12.5. The van der Waals surface area contributed by atoms with E-state index in [0.717, 1.165) is 73.9 Å². The molecule has 4 aliphatic heterocycles. The van der Waals surface area contributed by atoms with Crippen LogP contribution in [-0.2, 0) is 102 Å². The standard InChI is InChI=1S/C59H71N7O5S2.C26H50N7O18P3.2HI/c1-60-51-24-13-15-26-53(51)72-57(60)40-44-31-35-62(49-22-11-9-20-47(44)49)33-18-37-65(3,4)42-46(70-39-17-7-8-28-59(69)71-64-55(67)29-30-56(64)68)43-66(5,6)38-19-34-63-36-32-45(48-21-10-12-23-50(48)63)41-58-61(2)52-25-14-16-27-54(52)73-58;27-1-3-41-5-7-43-9-11-45-13-15-47-16-14-46-12-10-44-8-6-42-4-2-32-52(35,36)50-54(39,40)51-53(37,38)48-18-22-21(34)17-23(49-22)33-20-31-24-25(28)29-19-30-26(24)33;;/h9-16,20-27,31-32,35-36,40-41,46H,7-8,17-19,28-30,33-34,37-39,42-43H2,1-6H3;19-23,34H,1-18,27H2,(H,37,38)(H,39,40)(H2,28,29,30)(H2,32,35,36);2*1H/q+4;;;/p-5/t;21?,22-,23-;;/m.1../s1. The van der Waals surface area contributed by atoms with E-state index in [1.54, 1.807) is 5.09 Å². The molecule has 4 aromatic heterocycles. The average Bonchev–Trinajstić information content (AvgIpc) is 1.61. The summed E-state index contributed by atoms with van der Waals surface area (Å²) in [4.78, 5) is 96.7. The van der Waals surface area contributed by atoms with Gasteiger partial charge in [-0.3, -0.25) is 37.2 Å². The quantitative estimate of drug-likeness (QED) is 0.0103. The molecule has 0 spiro atoms. The first-order valence-electron chi connectivity index (χ1n) is 42.4. The first kappa shape index (κ1) is 106. The molecule has 0 bridgehead atoms. The molecule has 0 aliphatic carbocycles. The second-order valence-corrected chi connectivity index (χ2v) is 38.6. The number of nitrogens with zero attached hydrogens (tertiary/aromatic N) is 11. The SMILES string of the molecule is CN1C(=Cc2cc[n+](CCC[N+](C)(C)CC(C[N+](C)(C)CCC[n+]3ccc(C=C4Sc5ccccc5N4C)c4ccccc43)OCCCCCC(=O)ON3C(=O)CCC3=O)c3ccccc23)Sc2ccccc21.NCCOCCOCCOCCOCCOCCOCCOCCNP(=O)([O-])OP(=O)([O-])OP(=O)([O-])OC[C@H]1O[C@@H](n2cnc3c(N)ncnc32)CC1O.[I-].[I-]. The van der Waals surface area contributed by atoms with Crippen molar-refractivity contribution in [3.63, 3.8) is 0 Å². The van der Waals surface area contributed by atoms with Crippen LogP contribution in [0.1, 0.15) is 75.1 Å². The minimum atomic E-state index is -6.02. The molecule has 12 rings (SSSR count). The Balaban J connectivity index is 0.000000300. The maximum Gasteiger partial charge on any atom is 0.333 e. The third-order valence-electron chi connectivity index (χ3n) is 21.1. The average molecular weight is 2110 g/mol. The van der Waals surface area contributed by atoms with E-state index >= 15 is 0 Å². The van der Waals surface area contributed by atoms with Crippen molar-refractivity contribution in [3.8, 4) is 0 Å². The lowest BCUT2D eigenvalue weighted by molar-refractivity contribution is -0.916. The third kappa shape index (κ3) is 33.4. The minimum absolute atomic E-state index is 0. The number of hydrogen-bond acceptors (Lipinski definition) is 32. The van der Waals surface area contributed by atoms with E-state index in [9.17, 15) is 47.9 Å². The van der Waals surface area contributed by atoms with Crippen molar-refractivity contribution in [2.24, 2.45) is 5.73 Å². The van der Waals surface area contributed by atoms with Crippen LogP contribution >= 0.6 is 46.9 Å². The number of imide groups is 1. The number of quaternary nitrogens is 2. The fraction of sp³-hybridized carbons (Fsp3) is 0.506. The lowest BCUT2D eigenvalue weighted by atomic mass is 10.1. The maximum atomic E-state index is 12.5. The summed E-state index contributed by atoms with van der Waals surface area (Å²) in [5.41, 5.74) is 19.0. The van der Waals surface area contributed by atoms with Crippen molar-refractivity contribution >= 4 is 127 Å². The number of rotatable bonds is 54. The van der Waals surface area contributed by atoms with Crippen LogP contribution in [-0.4, -0.2) is 262 Å². The van der Waals surface area contributed by atoms with Gasteiger partial charge in [0.1, 0.15) is 37.3 Å². The molecule has 44 heteroatoms. The second kappa shape index (κ2) is 52.6. The summed E-state index contributed by atoms with van der Waals surface area (Å²) >= 11 is 3.64. The fourth-order valence-corrected chi connectivity index (χ4v) is 20.5. The number of halogens is 2. The number of imidazole rings is 1. The van der Waals surface area contributed by atoms with Crippen molar-refractivity contribution in [1.29, 1.82) is 0 Å². The number of likely N-dealkylation sites (N-methyl/N-ethyl adjacent to an activating group) is 2. The van der Waals surface area contributed by atoms with Gasteiger partial charge < -0.3 is 150 Å². The number of hydroxylamine groups is 2. The first-order valence-corrected chi connectivity index (χ1v) is 48.5. The number of ether oxygens (including phenoxy) is 9. The topological polar surface area (TPSA) is 437 Å². The molecule has 8 aromatic rings. The predicted octanol–water partition coefficient (Wildman–Crippen LogP) is 1.02. The Morgan fingerprint density at radius 2 is 1.10 bits per heavy atom. The monoisotopic (exact) mass is 2110 g/mol. The van der Waals surface area contributed by atoms with Gasteiger partial charge in [-0.2, -0.15) is 9.13 Å². The number of pyridine rings is 2. The predicted molar refractivity (Wildman–Crippen MR) is 472 cm³/mol. The van der Waals surface area contributed by atoms with Crippen LogP contribution < -0.4 is 98.1 Å². The zero-order valence-corrected chi connectivity index (χ0v) is 82.0. The number of carbonyl (C=O) groups excluding carboxylic acids is 3. The van der Waals surface area contributed by atoms with Crippen LogP contribution in [0.2, 0.25) is 0 Å². The molecule has 0 radical (unpaired) electrons. The summed E-state index contributed by atoms with van der Waals surface area (Å²) in [6.45, 7) is 9.81. The normalized spacial score (nSPS) is 18.0. The van der Waals surface area contributed by atoms with Gasteiger partial charge in [0, 0.05) is 93.5 Å². The highest BCUT2D eigenvalue weighted by Crippen LogP contribution is 2.62. The summed E-state index contributed by atoms with van der Waals surface area (Å²) in [5.74, 6) is -1.36. The lowest BCUT2D eigenvalue weighted by Gasteiger charge is -2.37. The number of anilines is 3. The Labute approximate surface area is 794 Å². The van der Waals surface area contributed by atoms with Crippen molar-refractivity contribution in [2.75, 3.05) is 203 Å². The van der Waals surface area contributed by atoms with Crippen LogP contribution in [0.25, 0.3) is 45.1 Å². The molecule has 0 saturated carbocycles. The van der Waals surface area contributed by atoms with E-state index in [4.69, 9.17) is 58.9 Å². The number of aliphatic hydroxyl groups excluding tert-OH is 1. The molecule has 2 fully saturated rings. The second-order valence-electron chi connectivity index (χ2n) is 31.8. The zero-order chi connectivity index (χ0) is 90.4. The number of hydrogen-bond donors (Lipinski definition) is 4. The molecule has 8 heterocycles. The number of amides is 2. The smallest absolute Gasteiger partial charge is 0.333 e. The number of fused-ring (bicyclic) bond motifs is 5. The summed E-state index contributed by atoms with van der Waals surface area (Å²) in [6.07, 6.45) is 12.7. The third-order valence-corrected chi connectivity index (χ3v) is 27.7. The first-order chi connectivity index (χ1) is 61.0. The number of benzene rings is 4. The highest BCUT2D eigenvalue weighted by molar-refractivity contribution is 8.04. The van der Waals surface area contributed by atoms with Crippen LogP contribution in [0.5, 0.6) is 0 Å². The van der Waals surface area contributed by atoms with E-state index in [2.05, 4.69) is 223 Å². The molecule has 2 amide bonds. The van der Waals surface area contributed by atoms with Gasteiger partial charge in [-0.25, -0.2) is 24.1 Å². The van der Waals surface area contributed by atoms with Crippen LogP contribution in [0, 0.1) is 0 Å². The fourth-order valence-electron chi connectivity index (χ4n) is 14.8. The van der Waals surface area contributed by atoms with Crippen LogP contribution in [0.4, 0.5) is 17.2 Å². The van der Waals surface area contributed by atoms with Gasteiger partial charge in [0.25, 0.3) is 27.5 Å². The molecule has 37 nitrogen and oxygen atoms in total. The number of unbranched alkanes of at least 4 members (excludes halogenated alkanes) is 2. The van der Waals surface area contributed by atoms with E-state index in [-0.39, 0.29) is 123 Å². The van der Waals surface area contributed by atoms with E-state index in [0.29, 0.717) is 90.7 Å². The number of aliphatic hydroxyl groups is 1. The number of phosphoric acid groups is 2. The number of phosphoric ester groups is 1. The van der Waals surface area contributed by atoms with Crippen molar-refractivity contribution in [3.05, 3.63) is 155 Å². The Hall–Kier alpha value is -6.21. The van der Waals surface area contributed by atoms with Crippen molar-refractivity contribution in [1.82, 2.24) is 29.7 Å². The van der Waals surface area contributed by atoms with Gasteiger partial charge in [0.05, 0.1) is 198 Å². The largest absolute Gasteiger partial charge is 1.00 e. The van der Waals surface area contributed by atoms with Crippen molar-refractivity contribution in [2.45, 2.75) is 105 Å². The minimum Gasteiger partial charge on any atom is -1.00 e. The Kier molecular flexibility index (Phi) is 43.4. The Bertz CT molecular complexity index is 4990. The number of nitrogens with two attached hydrogens (primary N) is 2. The number of nitrogen functional groups attached to an aromatic ring is 1. The van der Waals surface area contributed by atoms with Gasteiger partial charge in [-0.15, -0.1) is 5.06 Å². The highest BCUT2D eigenvalue weighted by atomic mass is 127. The number of aryl methyl sites for hydroxylation is 2. The van der Waals surface area contributed by atoms with Crippen molar-refractivity contribution < 1.29 is 175 Å². The van der Waals surface area contributed by atoms with Gasteiger partial charge in [0.15, 0.2) is 43.1 Å². The number of aromatic nitrogens is 6. The van der Waals surface area contributed by atoms with Gasteiger partial charge >= 0.3 is 5.97 Å². The highest BCUT2D eigenvalue weighted by Gasteiger charge is 2.39. The molecule has 708 valence electrons. The van der Waals surface area contributed by atoms with Crippen LogP contribution in [0.3, 0.4) is 0 Å². The van der Waals surface area contributed by atoms with Crippen LogP contribution in [0.15, 0.2) is 154 Å². The summed E-state index contributed by atoms with van der Waals surface area (Å²) in [7, 11) is -3.52. The van der Waals surface area contributed by atoms with Gasteiger partial charge in [0.2, 0.25) is 18.8 Å². The number of nitrogens with one attached hydrogen (secondary N) is 1. The molecule has 129 heavy (non-hydrogen) atoms. The molecular weight excluding hydrogens is 2000 g/mol. The summed E-state index contributed by atoms with van der Waals surface area (Å²) in [5, 5.41) is 17.7. The zero-order valence-electron chi connectivity index (χ0n) is 73.4. The molecule has 2 saturated heterocycles. The van der Waals surface area contributed by atoms with Gasteiger partial charge in [-0.1, -0.05) is 78.5 Å². The molecule has 4 aliphatic rings. The molecule has 4 aromatic carbocycles. The Morgan fingerprint density at radius 1 is 0.620 bits per heavy atom. The summed E-state index contributed by atoms with van der Waals surface area (Å²) in [6, 6.07) is 39.2. The molecule has 6 N–H and O–H groups in total. The Morgan fingerprint density at radius 3 is 1.60 bits per heavy atom. The summed E-state index contributed by atoms with van der Waals surface area (Å²) < 4.78 is 106. The number of carbonyl (C=O) groups is 3. The molecular formula is C85H118I2N14O23P3S2-. The van der Waals surface area contributed by atoms with E-state index in [1.807, 2.05) is 23.5 Å². The molecule has 4 unspecified atom stereocenters. The van der Waals surface area contributed by atoms with E-state index < -0.39 is 72.8 Å². The van der Waals surface area contributed by atoms with Gasteiger partial charge in [-0.05, 0) is 72.5 Å². The number of para-hydroxylation sites is 4. The molecule has 6 atom stereocenters.